The number of hydrogen-bond donors (Lipinski definition) is 2. The van der Waals surface area contributed by atoms with E-state index < -0.39 is 17.6 Å². The zero-order valence-corrected chi connectivity index (χ0v) is 21.4. The highest BCUT2D eigenvalue weighted by atomic mass is 19.4. The number of amides is 2. The van der Waals surface area contributed by atoms with Crippen molar-refractivity contribution < 1.29 is 22.8 Å². The standard InChI is InChI=1S/C28H26F3N7O2/c1-2-22(39)37-11-5-10-21(15-37)38-26-23(25(32)34-16-35-26)24(36-38)18-7-3-6-17(12-18)14-33-27(40)19-8-4-9-20(13-19)28(29,30)31/h2-4,6-9,12-13,16,21H,1,5,10-11,14-15H2,(H,33,40)(H2,32,34,35). The monoisotopic (exact) mass is 549 g/mol. The number of rotatable bonds is 6. The summed E-state index contributed by atoms with van der Waals surface area (Å²) in [7, 11) is 0. The third-order valence-corrected chi connectivity index (χ3v) is 6.85. The van der Waals surface area contributed by atoms with E-state index in [-0.39, 0.29) is 29.9 Å². The third-order valence-electron chi connectivity index (χ3n) is 6.85. The van der Waals surface area contributed by atoms with E-state index >= 15 is 0 Å². The number of hydrogen-bond acceptors (Lipinski definition) is 6. The first kappa shape index (κ1) is 26.9. The van der Waals surface area contributed by atoms with Crippen molar-refractivity contribution in [1.82, 2.24) is 30.0 Å². The van der Waals surface area contributed by atoms with Crippen LogP contribution in [0.25, 0.3) is 22.3 Å². The molecular formula is C28H26F3N7O2. The highest BCUT2D eigenvalue weighted by molar-refractivity contribution is 5.98. The second-order valence-electron chi connectivity index (χ2n) is 9.50. The highest BCUT2D eigenvalue weighted by Crippen LogP contribution is 2.34. The van der Waals surface area contributed by atoms with Crippen LogP contribution in [0.3, 0.4) is 0 Å². The van der Waals surface area contributed by atoms with E-state index in [1.54, 1.807) is 21.7 Å². The number of benzene rings is 2. The second-order valence-corrected chi connectivity index (χ2v) is 9.50. The number of carbonyl (C=O) groups excluding carboxylic acids is 2. The molecule has 9 nitrogen and oxygen atoms in total. The molecule has 0 saturated carbocycles. The molecule has 4 aromatic rings. The van der Waals surface area contributed by atoms with Crippen molar-refractivity contribution in [2.75, 3.05) is 18.8 Å². The molecule has 1 unspecified atom stereocenters. The lowest BCUT2D eigenvalue weighted by Crippen LogP contribution is -2.40. The van der Waals surface area contributed by atoms with Crippen LogP contribution in [0.15, 0.2) is 67.5 Å². The van der Waals surface area contributed by atoms with Gasteiger partial charge in [-0.15, -0.1) is 0 Å². The summed E-state index contributed by atoms with van der Waals surface area (Å²) in [6.07, 6.45) is -0.286. The van der Waals surface area contributed by atoms with Crippen molar-refractivity contribution in [3.63, 3.8) is 0 Å². The van der Waals surface area contributed by atoms with E-state index in [9.17, 15) is 22.8 Å². The molecule has 3 N–H and O–H groups in total. The third kappa shape index (κ3) is 5.37. The van der Waals surface area contributed by atoms with Gasteiger partial charge in [-0.1, -0.05) is 30.8 Å². The number of piperidine rings is 1. The minimum Gasteiger partial charge on any atom is -0.383 e. The van der Waals surface area contributed by atoms with Crippen molar-refractivity contribution in [3.05, 3.63) is 84.2 Å². The first-order chi connectivity index (χ1) is 19.2. The Hall–Kier alpha value is -4.74. The fourth-order valence-electron chi connectivity index (χ4n) is 4.89. The summed E-state index contributed by atoms with van der Waals surface area (Å²) in [5.41, 5.74) is 7.78. The number of halogens is 3. The molecule has 1 saturated heterocycles. The molecule has 3 heterocycles. The van der Waals surface area contributed by atoms with E-state index in [1.165, 1.54) is 24.5 Å². The number of nitrogens with one attached hydrogen (secondary N) is 1. The van der Waals surface area contributed by atoms with E-state index in [1.807, 2.05) is 12.1 Å². The van der Waals surface area contributed by atoms with Crippen LogP contribution in [0, 0.1) is 0 Å². The average molecular weight is 550 g/mol. The van der Waals surface area contributed by atoms with E-state index in [4.69, 9.17) is 10.8 Å². The number of aromatic nitrogens is 4. The largest absolute Gasteiger partial charge is 0.416 e. The molecular weight excluding hydrogens is 523 g/mol. The highest BCUT2D eigenvalue weighted by Gasteiger charge is 2.31. The van der Waals surface area contributed by atoms with Crippen LogP contribution in [-0.4, -0.2) is 49.6 Å². The van der Waals surface area contributed by atoms with Gasteiger partial charge in [0.15, 0.2) is 5.65 Å². The van der Waals surface area contributed by atoms with Gasteiger partial charge in [-0.25, -0.2) is 14.6 Å². The van der Waals surface area contributed by atoms with Gasteiger partial charge in [0.25, 0.3) is 5.91 Å². The molecule has 2 aromatic heterocycles. The summed E-state index contributed by atoms with van der Waals surface area (Å²) in [4.78, 5) is 35.1. The van der Waals surface area contributed by atoms with Crippen LogP contribution < -0.4 is 11.1 Å². The number of anilines is 1. The Bertz CT molecular complexity index is 1600. The fraction of sp³-hybridized carbons (Fsp3) is 0.250. The summed E-state index contributed by atoms with van der Waals surface area (Å²) in [6.45, 7) is 4.75. The molecule has 2 amide bonds. The van der Waals surface area contributed by atoms with Crippen molar-refractivity contribution >= 4 is 28.7 Å². The Kier molecular flexibility index (Phi) is 7.24. The summed E-state index contributed by atoms with van der Waals surface area (Å²) in [5, 5.41) is 8.10. The topological polar surface area (TPSA) is 119 Å². The minimum atomic E-state index is -4.54. The number of nitrogens with zero attached hydrogens (tertiary/aromatic N) is 5. The lowest BCUT2D eigenvalue weighted by atomic mass is 10.1. The summed E-state index contributed by atoms with van der Waals surface area (Å²) in [5.74, 6) is -0.514. The van der Waals surface area contributed by atoms with Crippen LogP contribution in [0.4, 0.5) is 19.0 Å². The number of alkyl halides is 3. The van der Waals surface area contributed by atoms with Crippen molar-refractivity contribution in [1.29, 1.82) is 0 Å². The molecule has 1 aliphatic heterocycles. The first-order valence-electron chi connectivity index (χ1n) is 12.6. The number of fused-ring (bicyclic) bond motifs is 1. The van der Waals surface area contributed by atoms with Crippen LogP contribution in [-0.2, 0) is 17.5 Å². The Labute approximate surface area is 227 Å². The predicted octanol–water partition coefficient (Wildman–Crippen LogP) is 4.37. The van der Waals surface area contributed by atoms with E-state index in [0.717, 1.165) is 25.0 Å². The minimum absolute atomic E-state index is 0.0782. The van der Waals surface area contributed by atoms with Gasteiger partial charge in [0.05, 0.1) is 17.0 Å². The maximum Gasteiger partial charge on any atom is 0.416 e. The molecule has 0 aliphatic carbocycles. The summed E-state index contributed by atoms with van der Waals surface area (Å²) >= 11 is 0. The Morgan fingerprint density at radius 2 is 1.95 bits per heavy atom. The molecule has 0 spiro atoms. The Morgan fingerprint density at radius 1 is 1.15 bits per heavy atom. The van der Waals surface area contributed by atoms with Gasteiger partial charge in [0.2, 0.25) is 5.91 Å². The summed E-state index contributed by atoms with van der Waals surface area (Å²) in [6, 6.07) is 11.4. The summed E-state index contributed by atoms with van der Waals surface area (Å²) < 4.78 is 40.9. The molecule has 1 fully saturated rings. The van der Waals surface area contributed by atoms with Crippen LogP contribution in [0.2, 0.25) is 0 Å². The van der Waals surface area contributed by atoms with Gasteiger partial charge >= 0.3 is 6.18 Å². The van der Waals surface area contributed by atoms with Gasteiger partial charge in [0, 0.05) is 30.8 Å². The molecule has 1 aliphatic rings. The van der Waals surface area contributed by atoms with Crippen molar-refractivity contribution in [3.8, 4) is 11.3 Å². The Morgan fingerprint density at radius 3 is 2.73 bits per heavy atom. The fourth-order valence-corrected chi connectivity index (χ4v) is 4.89. The average Bonchev–Trinajstić information content (AvgIpc) is 3.36. The molecule has 0 radical (unpaired) electrons. The Balaban J connectivity index is 1.42. The second kappa shape index (κ2) is 10.8. The molecule has 12 heteroatoms. The van der Waals surface area contributed by atoms with Crippen LogP contribution in [0.5, 0.6) is 0 Å². The molecule has 1 atom stereocenters. The molecule has 2 aromatic carbocycles. The molecule has 40 heavy (non-hydrogen) atoms. The number of carbonyl (C=O) groups is 2. The van der Waals surface area contributed by atoms with E-state index in [0.29, 0.717) is 40.9 Å². The lowest BCUT2D eigenvalue weighted by Gasteiger charge is -2.32. The lowest BCUT2D eigenvalue weighted by molar-refractivity contribution is -0.137. The van der Waals surface area contributed by atoms with E-state index in [2.05, 4.69) is 21.9 Å². The number of nitrogen functional groups attached to an aromatic ring is 1. The van der Waals surface area contributed by atoms with Crippen molar-refractivity contribution in [2.24, 2.45) is 0 Å². The number of nitrogens with two attached hydrogens (primary N) is 1. The zero-order chi connectivity index (χ0) is 28.4. The maximum atomic E-state index is 13.0. The van der Waals surface area contributed by atoms with Gasteiger partial charge < -0.3 is 16.0 Å². The number of likely N-dealkylation sites (tertiary alicyclic amines) is 1. The molecule has 206 valence electrons. The first-order valence-corrected chi connectivity index (χ1v) is 12.6. The SMILES string of the molecule is C=CC(=O)N1CCCC(n2nc(-c3cccc(CNC(=O)c4cccc(C(F)(F)F)c4)c3)c3c(N)ncnc32)C1. The molecule has 5 rings (SSSR count). The van der Waals surface area contributed by atoms with Gasteiger partial charge in [-0.3, -0.25) is 9.59 Å². The molecule has 0 bridgehead atoms. The normalized spacial score (nSPS) is 15.7. The van der Waals surface area contributed by atoms with Crippen LogP contribution in [0.1, 0.15) is 40.4 Å². The maximum absolute atomic E-state index is 13.0. The van der Waals surface area contributed by atoms with Gasteiger partial charge in [-0.2, -0.15) is 18.3 Å². The van der Waals surface area contributed by atoms with Crippen molar-refractivity contribution in [2.45, 2.75) is 31.6 Å². The quantitative estimate of drug-likeness (QED) is 0.345. The zero-order valence-electron chi connectivity index (χ0n) is 21.4. The van der Waals surface area contributed by atoms with Crippen LogP contribution >= 0.6 is 0 Å². The van der Waals surface area contributed by atoms with Gasteiger partial charge in [-0.05, 0) is 48.7 Å². The smallest absolute Gasteiger partial charge is 0.383 e. The predicted molar refractivity (Wildman–Crippen MR) is 143 cm³/mol. The van der Waals surface area contributed by atoms with Gasteiger partial charge in [0.1, 0.15) is 17.8 Å².